The van der Waals surface area contributed by atoms with E-state index in [2.05, 4.69) is 50.9 Å². The van der Waals surface area contributed by atoms with E-state index in [4.69, 9.17) is 0 Å². The predicted molar refractivity (Wildman–Crippen MR) is 66.1 cm³/mol. The van der Waals surface area contributed by atoms with Crippen molar-refractivity contribution in [1.82, 2.24) is 4.98 Å². The first-order chi connectivity index (χ1) is 7.09. The maximum Gasteiger partial charge on any atom is 0.0432 e. The molecule has 84 valence electrons. The Morgan fingerprint density at radius 2 is 1.87 bits per heavy atom. The molecule has 0 aliphatic rings. The van der Waals surface area contributed by atoms with Crippen LogP contribution in [0.3, 0.4) is 0 Å². The Bertz CT molecular complexity index is 289. The van der Waals surface area contributed by atoms with Gasteiger partial charge < -0.3 is 0 Å². The molecule has 0 spiro atoms. The molecule has 0 saturated carbocycles. The van der Waals surface area contributed by atoms with Gasteiger partial charge in [0.15, 0.2) is 0 Å². The van der Waals surface area contributed by atoms with Crippen molar-refractivity contribution in [1.29, 1.82) is 0 Å². The van der Waals surface area contributed by atoms with Crippen LogP contribution in [0.4, 0.5) is 0 Å². The van der Waals surface area contributed by atoms with E-state index in [-0.39, 0.29) is 0 Å². The lowest BCUT2D eigenvalue weighted by Gasteiger charge is -2.07. The lowest BCUT2D eigenvalue weighted by atomic mass is 10.0. The molecule has 0 aromatic carbocycles. The zero-order valence-electron chi connectivity index (χ0n) is 10.5. The summed E-state index contributed by atoms with van der Waals surface area (Å²) in [6.07, 6.45) is 3.68. The van der Waals surface area contributed by atoms with E-state index in [0.717, 1.165) is 12.3 Å². The highest BCUT2D eigenvalue weighted by Gasteiger charge is 2.02. The van der Waals surface area contributed by atoms with Crippen LogP contribution in [0.5, 0.6) is 0 Å². The summed E-state index contributed by atoms with van der Waals surface area (Å²) in [7, 11) is 0. The Balaban J connectivity index is 2.50. The second kappa shape index (κ2) is 5.89. The molecule has 0 aliphatic carbocycles. The molecule has 0 atom stereocenters. The Kier molecular flexibility index (Phi) is 4.80. The molecule has 1 aromatic rings. The van der Waals surface area contributed by atoms with Gasteiger partial charge in [0.25, 0.3) is 0 Å². The fourth-order valence-corrected chi connectivity index (χ4v) is 1.65. The van der Waals surface area contributed by atoms with E-state index in [9.17, 15) is 0 Å². The molecule has 15 heavy (non-hydrogen) atoms. The highest BCUT2D eigenvalue weighted by Crippen LogP contribution is 2.13. The van der Waals surface area contributed by atoms with Crippen molar-refractivity contribution < 1.29 is 0 Å². The third-order valence-corrected chi connectivity index (χ3v) is 2.63. The molecular weight excluding hydrogens is 182 g/mol. The Labute approximate surface area is 93.9 Å². The first kappa shape index (κ1) is 12.2. The third-order valence-electron chi connectivity index (χ3n) is 2.63. The van der Waals surface area contributed by atoms with Crippen molar-refractivity contribution in [2.45, 2.75) is 52.9 Å². The van der Waals surface area contributed by atoms with Gasteiger partial charge in [-0.3, -0.25) is 4.98 Å². The van der Waals surface area contributed by atoms with E-state index in [1.54, 1.807) is 0 Å². The zero-order chi connectivity index (χ0) is 11.3. The molecular formula is C14H23N. The number of pyridine rings is 1. The van der Waals surface area contributed by atoms with Crippen LogP contribution in [-0.2, 0) is 6.42 Å². The summed E-state index contributed by atoms with van der Waals surface area (Å²) >= 11 is 0. The van der Waals surface area contributed by atoms with Crippen LogP contribution in [0.15, 0.2) is 18.2 Å². The van der Waals surface area contributed by atoms with Gasteiger partial charge in [-0.15, -0.1) is 0 Å². The zero-order valence-corrected chi connectivity index (χ0v) is 10.5. The molecule has 0 bridgehead atoms. The smallest absolute Gasteiger partial charge is 0.0432 e. The topological polar surface area (TPSA) is 12.9 Å². The van der Waals surface area contributed by atoms with Crippen molar-refractivity contribution in [2.24, 2.45) is 5.92 Å². The predicted octanol–water partition coefficient (Wildman–Crippen LogP) is 4.18. The van der Waals surface area contributed by atoms with Crippen LogP contribution < -0.4 is 0 Å². The summed E-state index contributed by atoms with van der Waals surface area (Å²) in [5, 5.41) is 0. The fourth-order valence-electron chi connectivity index (χ4n) is 1.65. The van der Waals surface area contributed by atoms with Gasteiger partial charge in [0.1, 0.15) is 0 Å². The summed E-state index contributed by atoms with van der Waals surface area (Å²) in [6, 6.07) is 6.40. The van der Waals surface area contributed by atoms with Gasteiger partial charge in [-0.05, 0) is 36.8 Å². The monoisotopic (exact) mass is 205 g/mol. The van der Waals surface area contributed by atoms with Crippen molar-refractivity contribution >= 4 is 0 Å². The number of aromatic nitrogens is 1. The summed E-state index contributed by atoms with van der Waals surface area (Å²) in [6.45, 7) is 8.94. The Hall–Kier alpha value is -0.850. The first-order valence-electron chi connectivity index (χ1n) is 6.05. The average Bonchev–Trinajstić information content (AvgIpc) is 2.17. The van der Waals surface area contributed by atoms with Crippen LogP contribution in [0.2, 0.25) is 0 Å². The number of rotatable bonds is 5. The molecule has 0 unspecified atom stereocenters. The lowest BCUT2D eigenvalue weighted by molar-refractivity contribution is 0.552. The first-order valence-corrected chi connectivity index (χ1v) is 6.05. The quantitative estimate of drug-likeness (QED) is 0.702. The summed E-state index contributed by atoms with van der Waals surface area (Å²) in [5.41, 5.74) is 2.47. The van der Waals surface area contributed by atoms with Gasteiger partial charge in [-0.25, -0.2) is 0 Å². The molecule has 1 heterocycles. The van der Waals surface area contributed by atoms with E-state index in [1.165, 1.54) is 24.2 Å². The molecule has 0 amide bonds. The van der Waals surface area contributed by atoms with Crippen LogP contribution in [-0.4, -0.2) is 4.98 Å². The largest absolute Gasteiger partial charge is 0.258 e. The minimum Gasteiger partial charge on any atom is -0.258 e. The van der Waals surface area contributed by atoms with E-state index < -0.39 is 0 Å². The van der Waals surface area contributed by atoms with E-state index >= 15 is 0 Å². The highest BCUT2D eigenvalue weighted by molar-refractivity contribution is 5.13. The van der Waals surface area contributed by atoms with Crippen LogP contribution in [0, 0.1) is 5.92 Å². The van der Waals surface area contributed by atoms with Crippen molar-refractivity contribution in [2.75, 3.05) is 0 Å². The molecule has 1 rings (SSSR count). The molecule has 1 aromatic heterocycles. The summed E-state index contributed by atoms with van der Waals surface area (Å²) < 4.78 is 0. The van der Waals surface area contributed by atoms with Crippen LogP contribution >= 0.6 is 0 Å². The minimum absolute atomic E-state index is 0.537. The molecule has 0 aliphatic heterocycles. The fraction of sp³-hybridized carbons (Fsp3) is 0.643. The third kappa shape index (κ3) is 4.46. The second-order valence-corrected chi connectivity index (χ2v) is 4.99. The summed E-state index contributed by atoms with van der Waals surface area (Å²) in [5.74, 6) is 1.34. The van der Waals surface area contributed by atoms with Gasteiger partial charge in [0.2, 0.25) is 0 Å². The highest BCUT2D eigenvalue weighted by atomic mass is 14.7. The van der Waals surface area contributed by atoms with Crippen LogP contribution in [0.1, 0.15) is 57.8 Å². The maximum atomic E-state index is 4.67. The van der Waals surface area contributed by atoms with Crippen LogP contribution in [0.25, 0.3) is 0 Å². The maximum absolute atomic E-state index is 4.67. The van der Waals surface area contributed by atoms with Gasteiger partial charge >= 0.3 is 0 Å². The molecule has 1 heteroatoms. The van der Waals surface area contributed by atoms with Crippen molar-refractivity contribution in [3.05, 3.63) is 29.6 Å². The molecule has 1 nitrogen and oxygen atoms in total. The van der Waals surface area contributed by atoms with E-state index in [0.29, 0.717) is 5.92 Å². The number of aryl methyl sites for hydroxylation is 1. The Morgan fingerprint density at radius 3 is 2.47 bits per heavy atom. The SMILES string of the molecule is CC(C)CCCc1cccc(C(C)C)n1. The molecule has 0 radical (unpaired) electrons. The number of hydrogen-bond donors (Lipinski definition) is 0. The van der Waals surface area contributed by atoms with Gasteiger partial charge in [-0.1, -0.05) is 40.2 Å². The lowest BCUT2D eigenvalue weighted by Crippen LogP contribution is -1.98. The summed E-state index contributed by atoms with van der Waals surface area (Å²) in [4.78, 5) is 4.67. The normalized spacial score (nSPS) is 11.3. The van der Waals surface area contributed by atoms with Gasteiger partial charge in [-0.2, -0.15) is 0 Å². The van der Waals surface area contributed by atoms with Gasteiger partial charge in [0, 0.05) is 11.4 Å². The number of nitrogens with zero attached hydrogens (tertiary/aromatic N) is 1. The second-order valence-electron chi connectivity index (χ2n) is 4.99. The minimum atomic E-state index is 0.537. The molecule has 0 fully saturated rings. The number of hydrogen-bond acceptors (Lipinski definition) is 1. The van der Waals surface area contributed by atoms with Crippen molar-refractivity contribution in [3.8, 4) is 0 Å². The van der Waals surface area contributed by atoms with Gasteiger partial charge in [0.05, 0.1) is 0 Å². The Morgan fingerprint density at radius 1 is 1.13 bits per heavy atom. The molecule has 0 N–H and O–H groups in total. The average molecular weight is 205 g/mol. The van der Waals surface area contributed by atoms with Crippen molar-refractivity contribution in [3.63, 3.8) is 0 Å². The molecule has 0 saturated heterocycles. The van der Waals surface area contributed by atoms with E-state index in [1.807, 2.05) is 0 Å². The standard InChI is InChI=1S/C14H23N/c1-11(2)7-5-8-13-9-6-10-14(15-13)12(3)4/h6,9-12H,5,7-8H2,1-4H3.